The number of nitrogens with zero attached hydrogens (tertiary/aromatic N) is 3. The molecule has 14 atom stereocenters. The second kappa shape index (κ2) is 47.9. The molecule has 13 rings (SSSR count). The van der Waals surface area contributed by atoms with Crippen LogP contribution in [0.5, 0.6) is 0 Å². The number of hydrogen-bond acceptors (Lipinski definition) is 17. The van der Waals surface area contributed by atoms with E-state index in [0.29, 0.717) is 92.6 Å². The molecule has 0 saturated carbocycles. The van der Waals surface area contributed by atoms with E-state index < -0.39 is 155 Å². The summed E-state index contributed by atoms with van der Waals surface area (Å²) in [6.07, 6.45) is 11.1. The Bertz CT molecular complexity index is 6070. The van der Waals surface area contributed by atoms with Crippen LogP contribution < -0.4 is 81.4 Å². The van der Waals surface area contributed by atoms with Crippen molar-refractivity contribution in [3.8, 4) is 0 Å². The molecule has 39 heteroatoms. The standard InChI is InChI=1S/C100H131N25O14/c1-5-57(4)85(102)94(134)122-79(45-56(2)3)95(135)123-42-20-36-82(123)91(131)117-76(46-58-51-109-68-28-11-6-23-63(58)68)88(128)114-73(33-16-17-39-101)87(127)120-80(49-61-54-112-71-31-14-9-26-66(61)71)96(136)124-43-21-38-84(124)93(133)119-78(48-60-53-111-70-30-13-8-25-65(60)70)90(130)121-81(50-62-55-113-72-32-15-10-27-67(62)72)97(137)125-44-22-37-83(125)92(132)118-77(47-59-52-110-69-29-12-7-24-64(59)69)89(129)115-74(34-18-40-107-99(103)104)86(126)116-75(98(138)139)35-19-41-108-100(105)106/h6-15,23-32,51-57,73-85,109-113H,5,16-22,33-50,101-102H2,1-4H3,(H,114,128)(H,115,129)(H,116,126)(H,117,131)(H,118,132)(H,119,133)(H,120,127)(H,121,130)(H,122,134)(H,138,139)(H4,103,104,107)(H4,105,106,108)/t57-,73-,74-,75-,76-,77-,78-,79-,80-,81-,82-,83-,84-,85-/m0/s1. The third-order valence-electron chi connectivity index (χ3n) is 26.8. The number of rotatable bonds is 48. The van der Waals surface area contributed by atoms with Crippen molar-refractivity contribution >= 4 is 143 Å². The molecule has 3 aliphatic rings. The van der Waals surface area contributed by atoms with Gasteiger partial charge in [0.1, 0.15) is 72.5 Å². The lowest BCUT2D eigenvalue weighted by Crippen LogP contribution is -2.61. The first-order chi connectivity index (χ1) is 66.9. The molecule has 0 spiro atoms. The second-order valence-corrected chi connectivity index (χ2v) is 37.1. The van der Waals surface area contributed by atoms with Gasteiger partial charge in [0.05, 0.1) is 6.04 Å². The molecule has 139 heavy (non-hydrogen) atoms. The van der Waals surface area contributed by atoms with E-state index in [1.165, 1.54) is 14.7 Å². The highest BCUT2D eigenvalue weighted by atomic mass is 16.4. The molecule has 27 N–H and O–H groups in total. The molecule has 10 aromatic rings. The summed E-state index contributed by atoms with van der Waals surface area (Å²) in [6.45, 7) is 8.27. The molecule has 0 bridgehead atoms. The summed E-state index contributed by atoms with van der Waals surface area (Å²) in [5.74, 6) is -10.8. The van der Waals surface area contributed by atoms with Gasteiger partial charge in [0.2, 0.25) is 70.9 Å². The van der Waals surface area contributed by atoms with Crippen LogP contribution in [0.25, 0.3) is 54.5 Å². The Morgan fingerprint density at radius 3 is 0.971 bits per heavy atom. The lowest BCUT2D eigenvalue weighted by atomic mass is 9.97. The van der Waals surface area contributed by atoms with Crippen LogP contribution in [0.1, 0.15) is 152 Å². The van der Waals surface area contributed by atoms with E-state index in [2.05, 4.69) is 83.4 Å². The fourth-order valence-corrected chi connectivity index (χ4v) is 19.1. The average molecular weight is 1910 g/mol. The Labute approximate surface area is 804 Å². The molecule has 0 aliphatic carbocycles. The normalized spacial score (nSPS) is 17.2. The molecule has 0 radical (unpaired) electrons. The van der Waals surface area contributed by atoms with Gasteiger partial charge in [0.25, 0.3) is 0 Å². The fourth-order valence-electron chi connectivity index (χ4n) is 19.1. The number of H-pyrrole nitrogens is 5. The van der Waals surface area contributed by atoms with Crippen LogP contribution >= 0.6 is 0 Å². The van der Waals surface area contributed by atoms with Gasteiger partial charge in [-0.2, -0.15) is 0 Å². The Hall–Kier alpha value is -14.6. The zero-order chi connectivity index (χ0) is 99.1. The van der Waals surface area contributed by atoms with Gasteiger partial charge in [-0.25, -0.2) is 4.79 Å². The number of carboxylic acid groups (broad SMARTS) is 1. The van der Waals surface area contributed by atoms with E-state index in [0.717, 1.165) is 21.8 Å². The summed E-state index contributed by atoms with van der Waals surface area (Å²) >= 11 is 0. The Kier molecular flexibility index (Phi) is 35.1. The lowest BCUT2D eigenvalue weighted by molar-refractivity contribution is -0.143. The van der Waals surface area contributed by atoms with E-state index >= 15 is 43.2 Å². The minimum absolute atomic E-state index is 0.00651. The van der Waals surface area contributed by atoms with Crippen LogP contribution in [0.4, 0.5) is 0 Å². The Morgan fingerprint density at radius 2 is 0.662 bits per heavy atom. The minimum atomic E-state index is -1.49. The molecule has 5 aromatic heterocycles. The second-order valence-electron chi connectivity index (χ2n) is 37.1. The summed E-state index contributed by atoms with van der Waals surface area (Å²) in [7, 11) is 0. The van der Waals surface area contributed by atoms with Gasteiger partial charge in [-0.1, -0.05) is 125 Å². The number of guanidine groups is 2. The number of amides is 12. The van der Waals surface area contributed by atoms with E-state index in [1.807, 2.05) is 143 Å². The van der Waals surface area contributed by atoms with Crippen LogP contribution in [-0.2, 0) is 94.4 Å². The highest BCUT2D eigenvalue weighted by molar-refractivity contribution is 6.02. The molecule has 3 aliphatic heterocycles. The lowest BCUT2D eigenvalue weighted by Gasteiger charge is -2.32. The van der Waals surface area contributed by atoms with Gasteiger partial charge in [-0.15, -0.1) is 0 Å². The van der Waals surface area contributed by atoms with Gasteiger partial charge in [-0.3, -0.25) is 68.4 Å². The molecule has 0 unspecified atom stereocenters. The Morgan fingerprint density at radius 1 is 0.381 bits per heavy atom. The number of carboxylic acids is 1. The topological polar surface area (TPSA) is 615 Å². The van der Waals surface area contributed by atoms with Crippen molar-refractivity contribution in [3.05, 3.63) is 180 Å². The number of aromatic amines is 5. The maximum atomic E-state index is 16.1. The van der Waals surface area contributed by atoms with E-state index in [-0.39, 0.29) is 159 Å². The molecular weight excluding hydrogens is 1780 g/mol. The predicted molar refractivity (Wildman–Crippen MR) is 527 cm³/mol. The third kappa shape index (κ3) is 26.0. The van der Waals surface area contributed by atoms with Crippen molar-refractivity contribution in [2.45, 2.75) is 235 Å². The van der Waals surface area contributed by atoms with Gasteiger partial charge in [-0.05, 0) is 166 Å². The summed E-state index contributed by atoms with van der Waals surface area (Å²) < 4.78 is 0. The number of likely N-dealkylation sites (tertiary alicyclic amines) is 3. The molecule has 12 amide bonds. The van der Waals surface area contributed by atoms with Crippen molar-refractivity contribution in [3.63, 3.8) is 0 Å². The maximum Gasteiger partial charge on any atom is 0.326 e. The van der Waals surface area contributed by atoms with Crippen molar-refractivity contribution in [2.75, 3.05) is 39.3 Å². The quantitative estimate of drug-likeness (QED) is 0.0145. The molecule has 3 fully saturated rings. The molecule has 8 heterocycles. The summed E-state index contributed by atoms with van der Waals surface area (Å²) in [5, 5.41) is 60.6. The van der Waals surface area contributed by atoms with E-state index in [1.54, 1.807) is 37.1 Å². The smallest absolute Gasteiger partial charge is 0.326 e. The number of fused-ring (bicyclic) bond motifs is 5. The molecule has 5 aromatic carbocycles. The number of nitrogens with two attached hydrogens (primary N) is 4. The number of hydrogen-bond donors (Lipinski definition) is 23. The minimum Gasteiger partial charge on any atom is -0.480 e. The first-order valence-corrected chi connectivity index (χ1v) is 48.2. The molecule has 39 nitrogen and oxygen atoms in total. The molecule has 740 valence electrons. The number of aromatic nitrogens is 5. The monoisotopic (exact) mass is 1910 g/mol. The number of para-hydroxylation sites is 5. The zero-order valence-corrected chi connectivity index (χ0v) is 78.9. The van der Waals surface area contributed by atoms with Crippen LogP contribution in [0.2, 0.25) is 0 Å². The first kappa shape index (κ1) is 102. The molecular formula is C100H131N25O14. The fraction of sp³-hybridized carbons (Fsp3) is 0.450. The number of aliphatic carboxylic acids is 1. The van der Waals surface area contributed by atoms with Crippen LogP contribution in [0.3, 0.4) is 0 Å². The van der Waals surface area contributed by atoms with E-state index in [4.69, 9.17) is 33.8 Å². The average Bonchev–Trinajstić information content (AvgIpc) is 1.66. The predicted octanol–water partition coefficient (Wildman–Crippen LogP) is 4.10. The SMILES string of the molecule is CC[C@H](C)[C@H](N)C(=O)N[C@@H](CC(C)C)C(=O)N1CCC[C@H]1C(=O)N[C@@H](Cc1c[nH]c2ccccc12)C(=O)N[C@@H](CCCCN)C(=O)N[C@@H](Cc1c[nH]c2ccccc12)C(=O)N1CCC[C@H]1C(=O)N[C@@H](Cc1c[nH]c2ccccc12)C(=O)N[C@@H](Cc1c[nH]c2ccccc12)C(=O)N1CCC[C@H]1C(=O)N[C@@H](Cc1c[nH]c2ccccc12)C(=O)N[C@@H](CCCNC(=N)N)C(=O)N[C@@H](CCCNC(=N)N)C(=O)O. The van der Waals surface area contributed by atoms with Gasteiger partial charge in [0.15, 0.2) is 11.9 Å². The van der Waals surface area contributed by atoms with E-state index in [9.17, 15) is 24.3 Å². The van der Waals surface area contributed by atoms with Crippen LogP contribution in [-0.4, -0.2) is 251 Å². The number of carbonyl (C=O) groups is 13. The van der Waals surface area contributed by atoms with Crippen LogP contribution in [0, 0.1) is 22.7 Å². The summed E-state index contributed by atoms with van der Waals surface area (Å²) in [6, 6.07) is 19.9. The van der Waals surface area contributed by atoms with Gasteiger partial charge in [0, 0.05) is 150 Å². The maximum absolute atomic E-state index is 16.1. The largest absolute Gasteiger partial charge is 0.480 e. The van der Waals surface area contributed by atoms with Crippen molar-refractivity contribution in [2.24, 2.45) is 34.8 Å². The summed E-state index contributed by atoms with van der Waals surface area (Å²) in [4.78, 5) is 217. The van der Waals surface area contributed by atoms with Gasteiger partial charge < -0.3 is 126 Å². The first-order valence-electron chi connectivity index (χ1n) is 48.2. The molecule has 3 saturated heterocycles. The van der Waals surface area contributed by atoms with Crippen LogP contribution in [0.15, 0.2) is 152 Å². The number of benzene rings is 5. The van der Waals surface area contributed by atoms with Crippen molar-refractivity contribution < 1.29 is 67.4 Å². The number of nitrogens with one attached hydrogen (secondary N) is 18. The number of carbonyl (C=O) groups excluding carboxylic acids is 12. The highest BCUT2D eigenvalue weighted by Crippen LogP contribution is 2.31. The van der Waals surface area contributed by atoms with Gasteiger partial charge >= 0.3 is 5.97 Å². The zero-order valence-electron chi connectivity index (χ0n) is 78.9. The Balaban J connectivity index is 0.772. The summed E-state index contributed by atoms with van der Waals surface area (Å²) in [5.41, 5.74) is 30.2. The van der Waals surface area contributed by atoms with Crippen molar-refractivity contribution in [1.29, 1.82) is 10.8 Å². The third-order valence-corrected chi connectivity index (χ3v) is 26.8. The van der Waals surface area contributed by atoms with Crippen molar-refractivity contribution in [1.82, 2.24) is 98.1 Å². The number of unbranched alkanes of at least 4 members (excludes halogenated alkanes) is 1. The highest BCUT2D eigenvalue weighted by Gasteiger charge is 2.46.